The molecule has 4 amide bonds. The van der Waals surface area contributed by atoms with Crippen LogP contribution in [0.25, 0.3) is 0 Å². The van der Waals surface area contributed by atoms with Gasteiger partial charge in [0.15, 0.2) is 16.8 Å². The largest absolute Gasteiger partial charge is 0.369 e. The zero-order chi connectivity index (χ0) is 19.6. The smallest absolute Gasteiger partial charge is 0.325 e. The maximum Gasteiger partial charge on any atom is 0.325 e. The number of benzene rings is 1. The molecule has 1 aromatic heterocycles. The number of amides is 4. The van der Waals surface area contributed by atoms with Gasteiger partial charge in [-0.15, -0.1) is 11.3 Å². The van der Waals surface area contributed by atoms with Crippen molar-refractivity contribution >= 4 is 40.0 Å². The van der Waals surface area contributed by atoms with Crippen LogP contribution in [0, 0.1) is 11.6 Å². The van der Waals surface area contributed by atoms with E-state index in [4.69, 9.17) is 5.73 Å². The van der Waals surface area contributed by atoms with E-state index in [1.165, 1.54) is 15.9 Å². The van der Waals surface area contributed by atoms with E-state index in [1.54, 1.807) is 5.38 Å². The fraction of sp³-hybridized carbons (Fsp3) is 0.250. The number of urea groups is 1. The zero-order valence-corrected chi connectivity index (χ0v) is 14.8. The van der Waals surface area contributed by atoms with Gasteiger partial charge in [-0.05, 0) is 12.1 Å². The summed E-state index contributed by atoms with van der Waals surface area (Å²) in [5.41, 5.74) is 5.75. The average molecular weight is 395 g/mol. The molecule has 27 heavy (non-hydrogen) atoms. The molecule has 3 rings (SSSR count). The van der Waals surface area contributed by atoms with Crippen molar-refractivity contribution < 1.29 is 23.2 Å². The highest BCUT2D eigenvalue weighted by Crippen LogP contribution is 2.22. The molecule has 0 aliphatic carbocycles. The molecule has 2 aromatic rings. The van der Waals surface area contributed by atoms with E-state index in [-0.39, 0.29) is 31.7 Å². The van der Waals surface area contributed by atoms with Crippen molar-refractivity contribution in [2.75, 3.05) is 29.9 Å². The molecule has 11 heteroatoms. The van der Waals surface area contributed by atoms with Crippen molar-refractivity contribution in [2.24, 2.45) is 5.73 Å². The van der Waals surface area contributed by atoms with Gasteiger partial charge in [0, 0.05) is 30.2 Å². The molecule has 0 unspecified atom stereocenters. The second-order valence-electron chi connectivity index (χ2n) is 5.79. The van der Waals surface area contributed by atoms with Gasteiger partial charge in [-0.3, -0.25) is 14.5 Å². The topological polar surface area (TPSA) is 109 Å². The van der Waals surface area contributed by atoms with Crippen molar-refractivity contribution in [3.05, 3.63) is 40.9 Å². The lowest BCUT2D eigenvalue weighted by atomic mass is 10.3. The van der Waals surface area contributed by atoms with Crippen LogP contribution in [0.5, 0.6) is 0 Å². The number of nitrogens with two attached hydrogens (primary N) is 1. The maximum absolute atomic E-state index is 13.4. The molecule has 0 saturated carbocycles. The molecule has 0 radical (unpaired) electrons. The number of primary amides is 1. The van der Waals surface area contributed by atoms with Crippen LogP contribution >= 0.6 is 11.3 Å². The summed E-state index contributed by atoms with van der Waals surface area (Å²) in [5, 5.41) is 4.44. The highest BCUT2D eigenvalue weighted by atomic mass is 32.1. The second-order valence-corrected chi connectivity index (χ2v) is 6.65. The minimum absolute atomic E-state index is 0.0276. The Morgan fingerprint density at radius 1 is 1.26 bits per heavy atom. The molecule has 1 aromatic carbocycles. The third kappa shape index (κ3) is 4.37. The number of hydrogen-bond acceptors (Lipinski definition) is 5. The first-order chi connectivity index (χ1) is 12.8. The van der Waals surface area contributed by atoms with Crippen LogP contribution < -0.4 is 16.0 Å². The molecule has 0 spiro atoms. The van der Waals surface area contributed by atoms with E-state index in [2.05, 4.69) is 10.3 Å². The van der Waals surface area contributed by atoms with E-state index >= 15 is 0 Å². The Kier molecular flexibility index (Phi) is 5.31. The minimum Gasteiger partial charge on any atom is -0.369 e. The Morgan fingerprint density at radius 3 is 2.74 bits per heavy atom. The Balaban J connectivity index is 1.58. The Hall–Kier alpha value is -3.08. The van der Waals surface area contributed by atoms with Crippen molar-refractivity contribution in [1.29, 1.82) is 0 Å². The molecule has 1 saturated heterocycles. The lowest BCUT2D eigenvalue weighted by Gasteiger charge is -2.18. The molecule has 1 aliphatic rings. The highest BCUT2D eigenvalue weighted by molar-refractivity contribution is 7.13. The molecule has 0 bridgehead atoms. The van der Waals surface area contributed by atoms with Crippen LogP contribution in [0.1, 0.15) is 5.69 Å². The van der Waals surface area contributed by atoms with Crippen LogP contribution in [-0.2, 0) is 16.0 Å². The van der Waals surface area contributed by atoms with Crippen LogP contribution in [0.4, 0.5) is 24.4 Å². The number of rotatable bonds is 6. The third-order valence-electron chi connectivity index (χ3n) is 3.80. The summed E-state index contributed by atoms with van der Waals surface area (Å²) < 4.78 is 26.4. The monoisotopic (exact) mass is 395 g/mol. The quantitative estimate of drug-likeness (QED) is 0.769. The van der Waals surface area contributed by atoms with E-state index in [9.17, 15) is 23.2 Å². The second kappa shape index (κ2) is 7.66. The number of carbonyl (C=O) groups is 3. The lowest BCUT2D eigenvalue weighted by Crippen LogP contribution is -2.37. The Morgan fingerprint density at radius 2 is 2.04 bits per heavy atom. The molecule has 8 nitrogen and oxygen atoms in total. The van der Waals surface area contributed by atoms with Crippen LogP contribution in [0.15, 0.2) is 23.6 Å². The van der Waals surface area contributed by atoms with Gasteiger partial charge < -0.3 is 16.0 Å². The highest BCUT2D eigenvalue weighted by Gasteiger charge is 2.31. The fourth-order valence-corrected chi connectivity index (χ4v) is 3.30. The summed E-state index contributed by atoms with van der Waals surface area (Å²) in [5.74, 6) is -3.04. The van der Waals surface area contributed by atoms with Crippen LogP contribution in [0.3, 0.4) is 0 Å². The molecule has 3 N–H and O–H groups in total. The minimum atomic E-state index is -1.05. The van der Waals surface area contributed by atoms with Gasteiger partial charge in [0.1, 0.15) is 6.54 Å². The predicted molar refractivity (Wildman–Crippen MR) is 94.3 cm³/mol. The maximum atomic E-state index is 13.4. The number of nitrogens with zero attached hydrogens (tertiary/aromatic N) is 3. The summed E-state index contributed by atoms with van der Waals surface area (Å²) in [4.78, 5) is 42.0. The third-order valence-corrected chi connectivity index (χ3v) is 4.60. The van der Waals surface area contributed by atoms with Crippen LogP contribution in [-0.4, -0.2) is 47.4 Å². The number of nitrogens with one attached hydrogen (secondary N) is 1. The first-order valence-electron chi connectivity index (χ1n) is 7.87. The van der Waals surface area contributed by atoms with Crippen molar-refractivity contribution in [3.63, 3.8) is 0 Å². The van der Waals surface area contributed by atoms with Gasteiger partial charge in [-0.25, -0.2) is 18.6 Å². The average Bonchev–Trinajstić information content (AvgIpc) is 3.17. The molecule has 142 valence electrons. The summed E-state index contributed by atoms with van der Waals surface area (Å²) in [6.07, 6.45) is -0.0276. The first-order valence-corrected chi connectivity index (χ1v) is 8.75. The molecule has 2 heterocycles. The van der Waals surface area contributed by atoms with Crippen LogP contribution in [0.2, 0.25) is 0 Å². The number of hydrogen-bond donors (Lipinski definition) is 2. The van der Waals surface area contributed by atoms with Gasteiger partial charge in [-0.1, -0.05) is 0 Å². The number of anilines is 2. The molecular formula is C16H15F2N5O3S. The van der Waals surface area contributed by atoms with Gasteiger partial charge in [0.25, 0.3) is 0 Å². The normalized spacial score (nSPS) is 13.9. The van der Waals surface area contributed by atoms with Gasteiger partial charge in [0.2, 0.25) is 11.8 Å². The molecule has 1 fully saturated rings. The van der Waals surface area contributed by atoms with Gasteiger partial charge >= 0.3 is 6.03 Å². The standard InChI is InChI=1S/C16H15F2N5O3S/c17-11-2-1-10(6-12(11)18)23-4-3-22(16(23)26)7-14(25)21-15-20-9(8-27-15)5-13(19)24/h1-2,6,8H,3-5,7H2,(H2,19,24)(H,20,21,25). The predicted octanol–water partition coefficient (Wildman–Crippen LogP) is 1.33. The number of carbonyl (C=O) groups excluding carboxylic acids is 3. The van der Waals surface area contributed by atoms with E-state index in [1.807, 2.05) is 0 Å². The molecule has 0 atom stereocenters. The van der Waals surface area contributed by atoms with Gasteiger partial charge in [-0.2, -0.15) is 0 Å². The molecule has 1 aliphatic heterocycles. The summed E-state index contributed by atoms with van der Waals surface area (Å²) >= 11 is 1.14. The number of halogens is 2. The summed E-state index contributed by atoms with van der Waals surface area (Å²) in [6.45, 7) is 0.289. The van der Waals surface area contributed by atoms with Crippen molar-refractivity contribution in [1.82, 2.24) is 9.88 Å². The summed E-state index contributed by atoms with van der Waals surface area (Å²) in [7, 11) is 0. The molecular weight excluding hydrogens is 380 g/mol. The first kappa shape index (κ1) is 18.7. The summed E-state index contributed by atoms with van der Waals surface area (Å²) in [6, 6.07) is 2.70. The van der Waals surface area contributed by atoms with E-state index in [0.29, 0.717) is 10.8 Å². The number of aromatic nitrogens is 1. The lowest BCUT2D eigenvalue weighted by molar-refractivity contribution is -0.117. The van der Waals surface area contributed by atoms with E-state index in [0.717, 1.165) is 23.5 Å². The van der Waals surface area contributed by atoms with Crippen molar-refractivity contribution in [2.45, 2.75) is 6.42 Å². The van der Waals surface area contributed by atoms with Gasteiger partial charge in [0.05, 0.1) is 12.1 Å². The number of thiazole rings is 1. The fourth-order valence-electron chi connectivity index (χ4n) is 2.58. The SMILES string of the molecule is NC(=O)Cc1csc(NC(=O)CN2CCN(c3ccc(F)c(F)c3)C2=O)n1. The zero-order valence-electron chi connectivity index (χ0n) is 13.9. The van der Waals surface area contributed by atoms with E-state index < -0.39 is 29.5 Å². The van der Waals surface area contributed by atoms with Crippen molar-refractivity contribution in [3.8, 4) is 0 Å². The Labute approximate surface area is 156 Å². The Bertz CT molecular complexity index is 904.